The summed E-state index contributed by atoms with van der Waals surface area (Å²) in [7, 11) is 0. The molecule has 0 bridgehead atoms. The maximum atomic E-state index is 11.7. The Morgan fingerprint density at radius 2 is 2.00 bits per heavy atom. The van der Waals surface area contributed by atoms with Gasteiger partial charge in [-0.1, -0.05) is 6.07 Å². The van der Waals surface area contributed by atoms with Crippen molar-refractivity contribution in [2.75, 3.05) is 13.1 Å². The van der Waals surface area contributed by atoms with Crippen LogP contribution < -0.4 is 10.6 Å². The monoisotopic (exact) mass is 277 g/mol. The number of hydrogen-bond donors (Lipinski definition) is 2. The number of carbonyl (C=O) groups excluding carboxylic acids is 1. The van der Waals surface area contributed by atoms with Crippen molar-refractivity contribution in [3.63, 3.8) is 0 Å². The molecule has 0 spiro atoms. The van der Waals surface area contributed by atoms with Crippen LogP contribution in [0.15, 0.2) is 24.4 Å². The van der Waals surface area contributed by atoms with E-state index in [0.717, 1.165) is 25.9 Å². The summed E-state index contributed by atoms with van der Waals surface area (Å²) in [6.45, 7) is 1.96. The number of pyridine rings is 1. The van der Waals surface area contributed by atoms with Crippen LogP contribution >= 0.6 is 24.8 Å². The zero-order valence-corrected chi connectivity index (χ0v) is 11.0. The normalized spacial score (nSPS) is 15.3. The van der Waals surface area contributed by atoms with Gasteiger partial charge in [-0.2, -0.15) is 0 Å². The minimum absolute atomic E-state index is 0. The highest BCUT2D eigenvalue weighted by atomic mass is 35.5. The first kappa shape index (κ1) is 16.2. The summed E-state index contributed by atoms with van der Waals surface area (Å²) in [6.07, 6.45) is 3.63. The predicted molar refractivity (Wildman–Crippen MR) is 72.1 cm³/mol. The van der Waals surface area contributed by atoms with E-state index in [2.05, 4.69) is 15.6 Å². The molecule has 0 radical (unpaired) electrons. The lowest BCUT2D eigenvalue weighted by Gasteiger charge is -2.23. The molecule has 2 heterocycles. The lowest BCUT2D eigenvalue weighted by atomic mass is 10.1. The van der Waals surface area contributed by atoms with Gasteiger partial charge in [0.1, 0.15) is 5.69 Å². The van der Waals surface area contributed by atoms with Crippen molar-refractivity contribution in [3.8, 4) is 0 Å². The van der Waals surface area contributed by atoms with Crippen LogP contribution in [-0.4, -0.2) is 30.0 Å². The van der Waals surface area contributed by atoms with Crippen molar-refractivity contribution in [1.29, 1.82) is 0 Å². The Bertz CT molecular complexity index is 329. The summed E-state index contributed by atoms with van der Waals surface area (Å²) in [4.78, 5) is 15.7. The van der Waals surface area contributed by atoms with Crippen LogP contribution in [0, 0.1) is 0 Å². The number of hydrogen-bond acceptors (Lipinski definition) is 3. The lowest BCUT2D eigenvalue weighted by Crippen LogP contribution is -2.42. The quantitative estimate of drug-likeness (QED) is 0.860. The molecule has 0 atom stereocenters. The zero-order valence-electron chi connectivity index (χ0n) is 9.39. The van der Waals surface area contributed by atoms with Crippen LogP contribution in [0.5, 0.6) is 0 Å². The number of carbonyl (C=O) groups is 1. The zero-order chi connectivity index (χ0) is 10.5. The molecule has 1 aliphatic heterocycles. The van der Waals surface area contributed by atoms with Crippen LogP contribution in [0.1, 0.15) is 23.3 Å². The summed E-state index contributed by atoms with van der Waals surface area (Å²) in [5.74, 6) is -0.0671. The molecule has 0 aliphatic carbocycles. The molecule has 17 heavy (non-hydrogen) atoms. The first-order chi connectivity index (χ1) is 7.36. The molecule has 1 aromatic heterocycles. The first-order valence-corrected chi connectivity index (χ1v) is 5.29. The molecule has 1 aromatic rings. The van der Waals surface area contributed by atoms with Crippen LogP contribution in [0.25, 0.3) is 0 Å². The molecule has 1 saturated heterocycles. The van der Waals surface area contributed by atoms with Crippen molar-refractivity contribution < 1.29 is 4.79 Å². The van der Waals surface area contributed by atoms with Gasteiger partial charge in [0.05, 0.1) is 0 Å². The number of halogens is 2. The summed E-state index contributed by atoms with van der Waals surface area (Å²) >= 11 is 0. The maximum Gasteiger partial charge on any atom is 0.270 e. The second-order valence-corrected chi connectivity index (χ2v) is 3.71. The average Bonchev–Trinajstić information content (AvgIpc) is 2.31. The van der Waals surface area contributed by atoms with E-state index in [-0.39, 0.29) is 30.7 Å². The second kappa shape index (κ2) is 8.28. The van der Waals surface area contributed by atoms with Crippen LogP contribution in [0.3, 0.4) is 0 Å². The standard InChI is InChI=1S/C11H15N3O.2ClH/c15-11(10-3-1-2-6-13-10)14-9-4-7-12-8-5-9;;/h1-3,6,9,12H,4-5,7-8H2,(H,14,15);2*1H. The highest BCUT2D eigenvalue weighted by molar-refractivity contribution is 5.92. The van der Waals surface area contributed by atoms with Gasteiger partial charge >= 0.3 is 0 Å². The van der Waals surface area contributed by atoms with E-state index in [4.69, 9.17) is 0 Å². The molecule has 1 amide bonds. The minimum atomic E-state index is -0.0671. The number of nitrogens with zero attached hydrogens (tertiary/aromatic N) is 1. The minimum Gasteiger partial charge on any atom is -0.348 e. The summed E-state index contributed by atoms with van der Waals surface area (Å²) in [6, 6.07) is 5.66. The van der Waals surface area contributed by atoms with Gasteiger partial charge in [-0.25, -0.2) is 0 Å². The van der Waals surface area contributed by atoms with Crippen molar-refractivity contribution in [2.24, 2.45) is 0 Å². The van der Waals surface area contributed by atoms with Gasteiger partial charge in [0.2, 0.25) is 0 Å². The Morgan fingerprint density at radius 1 is 1.29 bits per heavy atom. The number of piperidine rings is 1. The van der Waals surface area contributed by atoms with E-state index in [1.807, 2.05) is 6.07 Å². The molecule has 1 aliphatic rings. The molecule has 2 N–H and O–H groups in total. The summed E-state index contributed by atoms with van der Waals surface area (Å²) in [5.41, 5.74) is 0.496. The van der Waals surface area contributed by atoms with Crippen LogP contribution in [-0.2, 0) is 0 Å². The fourth-order valence-corrected chi connectivity index (χ4v) is 1.72. The van der Waals surface area contributed by atoms with Gasteiger partial charge in [-0.15, -0.1) is 24.8 Å². The van der Waals surface area contributed by atoms with Crippen LogP contribution in [0.2, 0.25) is 0 Å². The SMILES string of the molecule is Cl.Cl.O=C(NC1CCNCC1)c1ccccn1. The molecule has 0 saturated carbocycles. The van der Waals surface area contributed by atoms with E-state index in [0.29, 0.717) is 11.7 Å². The third kappa shape index (κ3) is 4.89. The predicted octanol–water partition coefficient (Wildman–Crippen LogP) is 1.41. The first-order valence-electron chi connectivity index (χ1n) is 5.29. The van der Waals surface area contributed by atoms with E-state index in [1.54, 1.807) is 18.3 Å². The number of amides is 1. The number of nitrogens with one attached hydrogen (secondary N) is 2. The van der Waals surface area contributed by atoms with Crippen molar-refractivity contribution in [3.05, 3.63) is 30.1 Å². The van der Waals surface area contributed by atoms with Gasteiger partial charge in [0.25, 0.3) is 5.91 Å². The van der Waals surface area contributed by atoms with Crippen molar-refractivity contribution in [1.82, 2.24) is 15.6 Å². The van der Waals surface area contributed by atoms with E-state index >= 15 is 0 Å². The van der Waals surface area contributed by atoms with E-state index < -0.39 is 0 Å². The Morgan fingerprint density at radius 3 is 2.59 bits per heavy atom. The Hall–Kier alpha value is -0.840. The smallest absolute Gasteiger partial charge is 0.270 e. The number of rotatable bonds is 2. The van der Waals surface area contributed by atoms with Crippen LogP contribution in [0.4, 0.5) is 0 Å². The lowest BCUT2D eigenvalue weighted by molar-refractivity contribution is 0.0924. The molecule has 96 valence electrons. The number of aromatic nitrogens is 1. The van der Waals surface area contributed by atoms with E-state index in [9.17, 15) is 4.79 Å². The van der Waals surface area contributed by atoms with Crippen molar-refractivity contribution >= 4 is 30.7 Å². The van der Waals surface area contributed by atoms with Gasteiger partial charge in [-0.05, 0) is 38.1 Å². The summed E-state index contributed by atoms with van der Waals surface area (Å²) < 4.78 is 0. The van der Waals surface area contributed by atoms with Gasteiger partial charge in [0, 0.05) is 12.2 Å². The molecule has 4 nitrogen and oxygen atoms in total. The van der Waals surface area contributed by atoms with Gasteiger partial charge in [-0.3, -0.25) is 9.78 Å². The Kier molecular flexibility index (Phi) is 7.87. The van der Waals surface area contributed by atoms with Gasteiger partial charge in [0.15, 0.2) is 0 Å². The maximum absolute atomic E-state index is 11.7. The fraction of sp³-hybridized carbons (Fsp3) is 0.455. The van der Waals surface area contributed by atoms with Crippen molar-refractivity contribution in [2.45, 2.75) is 18.9 Å². The average molecular weight is 278 g/mol. The molecule has 2 rings (SSSR count). The molecule has 0 aromatic carbocycles. The Balaban J connectivity index is 0.00000128. The Labute approximate surface area is 113 Å². The molecular formula is C11H17Cl2N3O. The second-order valence-electron chi connectivity index (χ2n) is 3.71. The third-order valence-corrected chi connectivity index (χ3v) is 2.57. The topological polar surface area (TPSA) is 54.0 Å². The highest BCUT2D eigenvalue weighted by Crippen LogP contribution is 2.03. The highest BCUT2D eigenvalue weighted by Gasteiger charge is 2.16. The summed E-state index contributed by atoms with van der Waals surface area (Å²) in [5, 5.41) is 6.25. The molecule has 0 unspecified atom stereocenters. The molecule has 6 heteroatoms. The fourth-order valence-electron chi connectivity index (χ4n) is 1.72. The van der Waals surface area contributed by atoms with Gasteiger partial charge < -0.3 is 10.6 Å². The van der Waals surface area contributed by atoms with E-state index in [1.165, 1.54) is 0 Å². The molecule has 1 fully saturated rings. The largest absolute Gasteiger partial charge is 0.348 e. The molecular weight excluding hydrogens is 261 g/mol. The third-order valence-electron chi connectivity index (χ3n) is 2.57.